The zero-order chi connectivity index (χ0) is 36.7. The Morgan fingerprint density at radius 1 is 0.600 bits per heavy atom. The van der Waals surface area contributed by atoms with Crippen LogP contribution in [0.25, 0.3) is 0 Å². The molecule has 0 aliphatic carbocycles. The van der Waals surface area contributed by atoms with Gasteiger partial charge in [0.05, 0.1) is 12.1 Å². The third kappa shape index (κ3) is 15.3. The lowest BCUT2D eigenvalue weighted by atomic mass is 9.90. The number of carbonyl (C=O) groups excluding carboxylic acids is 1. The van der Waals surface area contributed by atoms with Crippen molar-refractivity contribution in [1.82, 2.24) is 9.80 Å². The predicted octanol–water partition coefficient (Wildman–Crippen LogP) is 9.43. The van der Waals surface area contributed by atoms with Crippen LogP contribution in [0.3, 0.4) is 0 Å². The number of urea groups is 1. The molecule has 50 heavy (non-hydrogen) atoms. The molecule has 2 aromatic rings. The van der Waals surface area contributed by atoms with Crippen LogP contribution in [0.15, 0.2) is 60.7 Å². The van der Waals surface area contributed by atoms with Crippen LogP contribution in [0, 0.1) is 11.8 Å². The number of hydrogen-bond acceptors (Lipinski definition) is 5. The molecule has 0 spiro atoms. The highest BCUT2D eigenvalue weighted by atomic mass is 28.3. The molecule has 0 bridgehead atoms. The van der Waals surface area contributed by atoms with Gasteiger partial charge in [-0.25, -0.2) is 4.79 Å². The van der Waals surface area contributed by atoms with Crippen molar-refractivity contribution < 1.29 is 23.7 Å². The fraction of sp³-hybridized carbons (Fsp3) is 0.683. The maximum absolute atomic E-state index is 15.1. The van der Waals surface area contributed by atoms with E-state index < -0.39 is 28.4 Å². The van der Waals surface area contributed by atoms with Crippen LogP contribution in [0.2, 0.25) is 51.4 Å². The van der Waals surface area contributed by atoms with Crippen molar-refractivity contribution in [2.45, 2.75) is 129 Å². The first kappa shape index (κ1) is 42.4. The average Bonchev–Trinajstić information content (AvgIpc) is 3.11. The van der Waals surface area contributed by atoms with Crippen molar-refractivity contribution in [2.24, 2.45) is 11.8 Å². The average molecular weight is 727 g/mol. The van der Waals surface area contributed by atoms with Gasteiger partial charge < -0.3 is 28.7 Å². The number of amides is 2. The van der Waals surface area contributed by atoms with Gasteiger partial charge in [-0.15, -0.1) is 0 Å². The van der Waals surface area contributed by atoms with Gasteiger partial charge in [0.15, 0.2) is 0 Å². The summed E-state index contributed by atoms with van der Waals surface area (Å²) in [4.78, 5) is 19.4. The molecule has 0 unspecified atom stereocenters. The standard InChI is InChI=1S/C41H70N2O5Si2/c1-33(2)21-23-42-37(29-35-17-13-11-14-18-35)39(47-31-45-25-27-49(5,6)7)40(48-32-46-26-28-50(8,9)10)38(30-36-19-15-12-16-20-36)43(41(42)44)24-22-34(3)4/h11-20,33-34,37-40H,21-32H2,1-10H3/t37-,38-,39+,40+/m1/s1. The summed E-state index contributed by atoms with van der Waals surface area (Å²) in [7, 11) is -2.55. The molecule has 1 aliphatic heterocycles. The van der Waals surface area contributed by atoms with Crippen molar-refractivity contribution in [3.8, 4) is 0 Å². The van der Waals surface area contributed by atoms with E-state index in [0.717, 1.165) is 24.9 Å². The van der Waals surface area contributed by atoms with Crippen molar-refractivity contribution in [1.29, 1.82) is 0 Å². The fourth-order valence-corrected chi connectivity index (χ4v) is 7.78. The van der Waals surface area contributed by atoms with E-state index in [1.165, 1.54) is 11.1 Å². The second-order valence-corrected chi connectivity index (χ2v) is 28.7. The summed E-state index contributed by atoms with van der Waals surface area (Å²) in [6.07, 6.45) is 2.27. The van der Waals surface area contributed by atoms with Crippen LogP contribution in [-0.2, 0) is 31.8 Å². The number of ether oxygens (including phenoxy) is 4. The van der Waals surface area contributed by atoms with E-state index in [1.54, 1.807) is 0 Å². The molecule has 1 fully saturated rings. The SMILES string of the molecule is CC(C)CCN1C(=O)N(CCC(C)C)[C@H](Cc2ccccc2)[C@H](OCOCC[Si](C)(C)C)[C@@H](OCOCC[Si](C)(C)C)[C@H]1Cc1ccccc1. The molecule has 0 radical (unpaired) electrons. The summed E-state index contributed by atoms with van der Waals surface area (Å²) in [6.45, 7) is 26.1. The molecule has 4 atom stereocenters. The second-order valence-electron chi connectivity index (χ2n) is 17.5. The van der Waals surface area contributed by atoms with Gasteiger partial charge in [-0.3, -0.25) is 0 Å². The Labute approximate surface area is 307 Å². The molecule has 7 nitrogen and oxygen atoms in total. The van der Waals surface area contributed by atoms with Crippen molar-refractivity contribution in [2.75, 3.05) is 39.9 Å². The first-order valence-corrected chi connectivity index (χ1v) is 26.6. The predicted molar refractivity (Wildman–Crippen MR) is 213 cm³/mol. The van der Waals surface area contributed by atoms with Crippen LogP contribution in [0.4, 0.5) is 4.79 Å². The van der Waals surface area contributed by atoms with Gasteiger partial charge in [0.2, 0.25) is 0 Å². The highest BCUT2D eigenvalue weighted by Crippen LogP contribution is 2.32. The normalized spacial score (nSPS) is 20.6. The lowest BCUT2D eigenvalue weighted by Gasteiger charge is -2.38. The molecule has 0 saturated carbocycles. The van der Waals surface area contributed by atoms with Gasteiger partial charge in [0.25, 0.3) is 0 Å². The minimum Gasteiger partial charge on any atom is -0.356 e. The molecule has 0 N–H and O–H groups in total. The minimum atomic E-state index is -1.27. The van der Waals surface area contributed by atoms with Crippen molar-refractivity contribution >= 4 is 22.2 Å². The molecule has 2 amide bonds. The Balaban J connectivity index is 2.13. The molecule has 1 aliphatic rings. The number of rotatable bonds is 22. The third-order valence-electron chi connectivity index (χ3n) is 9.52. The van der Waals surface area contributed by atoms with Crippen molar-refractivity contribution in [3.05, 3.63) is 71.8 Å². The Hall–Kier alpha value is -2.02. The quantitative estimate of drug-likeness (QED) is 0.0688. The van der Waals surface area contributed by atoms with Crippen LogP contribution in [0.5, 0.6) is 0 Å². The summed E-state index contributed by atoms with van der Waals surface area (Å²) < 4.78 is 26.3. The molecule has 0 aromatic heterocycles. The zero-order valence-corrected chi connectivity index (χ0v) is 35.2. The van der Waals surface area contributed by atoms with Crippen LogP contribution in [0.1, 0.15) is 51.7 Å². The highest BCUT2D eigenvalue weighted by molar-refractivity contribution is 6.76. The molecule has 9 heteroatoms. The number of nitrogens with zero attached hydrogens (tertiary/aromatic N) is 2. The van der Waals surface area contributed by atoms with Gasteiger partial charge in [-0.1, -0.05) is 128 Å². The highest BCUT2D eigenvalue weighted by Gasteiger charge is 2.48. The van der Waals surface area contributed by atoms with Crippen LogP contribution in [-0.4, -0.2) is 96.2 Å². The van der Waals surface area contributed by atoms with Crippen molar-refractivity contribution in [3.63, 3.8) is 0 Å². The molecule has 282 valence electrons. The van der Waals surface area contributed by atoms with Crippen LogP contribution >= 0.6 is 0 Å². The maximum atomic E-state index is 15.1. The zero-order valence-electron chi connectivity index (χ0n) is 33.2. The van der Waals surface area contributed by atoms with E-state index in [1.807, 2.05) is 12.1 Å². The smallest absolute Gasteiger partial charge is 0.320 e. The molecule has 1 saturated heterocycles. The second kappa shape index (κ2) is 20.9. The monoisotopic (exact) mass is 726 g/mol. The number of benzene rings is 2. The van der Waals surface area contributed by atoms with E-state index in [-0.39, 0.29) is 31.7 Å². The first-order chi connectivity index (χ1) is 23.6. The maximum Gasteiger partial charge on any atom is 0.320 e. The molecular weight excluding hydrogens is 657 g/mol. The minimum absolute atomic E-state index is 0.0761. The Bertz CT molecular complexity index is 1130. The number of hydrogen-bond donors (Lipinski definition) is 0. The van der Waals surface area contributed by atoms with E-state index in [2.05, 4.69) is 125 Å². The van der Waals surface area contributed by atoms with Gasteiger partial charge in [-0.05, 0) is 60.7 Å². The topological polar surface area (TPSA) is 60.5 Å². The lowest BCUT2D eigenvalue weighted by molar-refractivity contribution is -0.187. The third-order valence-corrected chi connectivity index (χ3v) is 12.9. The van der Waals surface area contributed by atoms with Gasteiger partial charge in [-0.2, -0.15) is 0 Å². The Morgan fingerprint density at radius 3 is 1.28 bits per heavy atom. The summed E-state index contributed by atoms with van der Waals surface area (Å²) in [5, 5.41) is 0. The van der Waals surface area contributed by atoms with E-state index in [9.17, 15) is 0 Å². The number of carbonyl (C=O) groups is 1. The van der Waals surface area contributed by atoms with Gasteiger partial charge in [0, 0.05) is 42.5 Å². The molecule has 2 aromatic carbocycles. The van der Waals surface area contributed by atoms with Gasteiger partial charge in [0.1, 0.15) is 25.8 Å². The van der Waals surface area contributed by atoms with Crippen LogP contribution < -0.4 is 0 Å². The summed E-state index contributed by atoms with van der Waals surface area (Å²) in [5.41, 5.74) is 2.35. The molecule has 1 heterocycles. The largest absolute Gasteiger partial charge is 0.356 e. The van der Waals surface area contributed by atoms with E-state index in [0.29, 0.717) is 51.0 Å². The molecule has 3 rings (SSSR count). The van der Waals surface area contributed by atoms with E-state index in [4.69, 9.17) is 18.9 Å². The fourth-order valence-electron chi connectivity index (χ4n) is 6.26. The Morgan fingerprint density at radius 2 is 0.960 bits per heavy atom. The summed E-state index contributed by atoms with van der Waals surface area (Å²) >= 11 is 0. The summed E-state index contributed by atoms with van der Waals surface area (Å²) in [6, 6.07) is 22.7. The first-order valence-electron chi connectivity index (χ1n) is 19.2. The lowest BCUT2D eigenvalue weighted by Crippen LogP contribution is -2.53. The summed E-state index contributed by atoms with van der Waals surface area (Å²) in [5.74, 6) is 0.896. The molecular formula is C41H70N2O5Si2. The van der Waals surface area contributed by atoms with Gasteiger partial charge >= 0.3 is 6.03 Å². The van der Waals surface area contributed by atoms with E-state index >= 15 is 4.79 Å². The Kier molecular flexibility index (Phi) is 17.7.